The second-order valence-corrected chi connectivity index (χ2v) is 5.45. The van der Waals surface area contributed by atoms with E-state index in [0.717, 1.165) is 0 Å². The maximum absolute atomic E-state index is 2.55. The molecule has 0 bridgehead atoms. The molecule has 0 N–H and O–H groups in total. The van der Waals surface area contributed by atoms with Crippen molar-refractivity contribution in [1.82, 2.24) is 0 Å². The molecule has 1 aliphatic heterocycles. The number of rotatable bonds is 2. The minimum atomic E-state index is 0.666. The highest BCUT2D eigenvalue weighted by Gasteiger charge is 2.18. The summed E-state index contributed by atoms with van der Waals surface area (Å²) in [6, 6.07) is 20.3. The van der Waals surface area contributed by atoms with Gasteiger partial charge in [0.1, 0.15) is 0 Å². The first-order valence-electron chi connectivity index (χ1n) is 7.27. The molecular formula is C18H21N. The summed E-state index contributed by atoms with van der Waals surface area (Å²) in [5.41, 5.74) is 3.98. The van der Waals surface area contributed by atoms with Crippen molar-refractivity contribution in [3.8, 4) is 11.1 Å². The first-order valence-corrected chi connectivity index (χ1v) is 7.27. The first kappa shape index (κ1) is 12.3. The number of benzene rings is 2. The normalized spacial score (nSPS) is 19.4. The number of piperidine rings is 1. The topological polar surface area (TPSA) is 3.24 Å². The molecule has 0 radical (unpaired) electrons. The summed E-state index contributed by atoms with van der Waals surface area (Å²) < 4.78 is 0. The maximum Gasteiger partial charge on any atom is 0.0374 e. The van der Waals surface area contributed by atoms with Crippen LogP contribution in [-0.4, -0.2) is 12.6 Å². The summed E-state index contributed by atoms with van der Waals surface area (Å²) in [4.78, 5) is 2.55. The molecule has 0 saturated carbocycles. The average molecular weight is 251 g/mol. The Labute approximate surface area is 115 Å². The van der Waals surface area contributed by atoms with Crippen LogP contribution >= 0.6 is 0 Å². The highest BCUT2D eigenvalue weighted by atomic mass is 15.2. The molecule has 3 rings (SSSR count). The average Bonchev–Trinajstić information content (AvgIpc) is 2.49. The second kappa shape index (κ2) is 5.48. The van der Waals surface area contributed by atoms with Crippen LogP contribution in [0, 0.1) is 0 Å². The van der Waals surface area contributed by atoms with Gasteiger partial charge >= 0.3 is 0 Å². The fraction of sp³-hybridized carbons (Fsp3) is 0.333. The summed E-state index contributed by atoms with van der Waals surface area (Å²) in [5, 5.41) is 0. The van der Waals surface area contributed by atoms with Gasteiger partial charge in [-0.05, 0) is 49.4 Å². The maximum atomic E-state index is 2.55. The fourth-order valence-electron chi connectivity index (χ4n) is 2.98. The van der Waals surface area contributed by atoms with Crippen LogP contribution in [0.4, 0.5) is 5.69 Å². The van der Waals surface area contributed by atoms with E-state index >= 15 is 0 Å². The number of hydrogen-bond donors (Lipinski definition) is 0. The molecule has 1 heteroatoms. The van der Waals surface area contributed by atoms with Gasteiger partial charge in [0.2, 0.25) is 0 Å². The summed E-state index contributed by atoms with van der Waals surface area (Å²) in [6.07, 6.45) is 4.01. The van der Waals surface area contributed by atoms with Crippen molar-refractivity contribution in [3.05, 3.63) is 54.6 Å². The number of nitrogens with zero attached hydrogens (tertiary/aromatic N) is 1. The molecule has 98 valence electrons. The number of hydrogen-bond acceptors (Lipinski definition) is 1. The van der Waals surface area contributed by atoms with Gasteiger partial charge < -0.3 is 4.90 Å². The summed E-state index contributed by atoms with van der Waals surface area (Å²) in [7, 11) is 0. The van der Waals surface area contributed by atoms with Gasteiger partial charge in [-0.2, -0.15) is 0 Å². The van der Waals surface area contributed by atoms with E-state index in [1.165, 1.54) is 42.6 Å². The highest BCUT2D eigenvalue weighted by molar-refractivity contribution is 5.68. The van der Waals surface area contributed by atoms with Crippen molar-refractivity contribution in [1.29, 1.82) is 0 Å². The third-order valence-corrected chi connectivity index (χ3v) is 4.09. The van der Waals surface area contributed by atoms with E-state index in [1.807, 2.05) is 0 Å². The van der Waals surface area contributed by atoms with Crippen LogP contribution in [0.25, 0.3) is 11.1 Å². The SMILES string of the molecule is CC1CCCCN1c1cccc(-c2ccccc2)c1. The van der Waals surface area contributed by atoms with Crippen molar-refractivity contribution in [2.45, 2.75) is 32.2 Å². The Hall–Kier alpha value is -1.76. The zero-order valence-electron chi connectivity index (χ0n) is 11.5. The van der Waals surface area contributed by atoms with Crippen LogP contribution < -0.4 is 4.90 Å². The fourth-order valence-corrected chi connectivity index (χ4v) is 2.98. The van der Waals surface area contributed by atoms with Crippen LogP contribution in [0.15, 0.2) is 54.6 Å². The summed E-state index contributed by atoms with van der Waals surface area (Å²) in [6.45, 7) is 3.54. The minimum Gasteiger partial charge on any atom is -0.369 e. The molecule has 1 atom stereocenters. The van der Waals surface area contributed by atoms with E-state index in [4.69, 9.17) is 0 Å². The molecule has 2 aromatic rings. The quantitative estimate of drug-likeness (QED) is 0.745. The molecule has 0 spiro atoms. The van der Waals surface area contributed by atoms with Gasteiger partial charge in [-0.25, -0.2) is 0 Å². The smallest absolute Gasteiger partial charge is 0.0374 e. The Morgan fingerprint density at radius 2 is 1.68 bits per heavy atom. The van der Waals surface area contributed by atoms with Gasteiger partial charge in [0, 0.05) is 18.3 Å². The Balaban J connectivity index is 1.91. The summed E-state index contributed by atoms with van der Waals surface area (Å²) >= 11 is 0. The zero-order valence-corrected chi connectivity index (χ0v) is 11.5. The molecule has 1 aliphatic rings. The lowest BCUT2D eigenvalue weighted by atomic mass is 10.0. The first-order chi connectivity index (χ1) is 9.34. The Morgan fingerprint density at radius 3 is 2.47 bits per heavy atom. The predicted molar refractivity (Wildman–Crippen MR) is 82.5 cm³/mol. The Morgan fingerprint density at radius 1 is 0.895 bits per heavy atom. The van der Waals surface area contributed by atoms with E-state index in [9.17, 15) is 0 Å². The number of anilines is 1. The van der Waals surface area contributed by atoms with Gasteiger partial charge in [0.05, 0.1) is 0 Å². The zero-order chi connectivity index (χ0) is 13.1. The lowest BCUT2D eigenvalue weighted by Crippen LogP contribution is -2.37. The molecule has 1 heterocycles. The molecule has 1 unspecified atom stereocenters. The molecular weight excluding hydrogens is 230 g/mol. The van der Waals surface area contributed by atoms with E-state index < -0.39 is 0 Å². The van der Waals surface area contributed by atoms with Gasteiger partial charge in [0.25, 0.3) is 0 Å². The van der Waals surface area contributed by atoms with Crippen molar-refractivity contribution < 1.29 is 0 Å². The van der Waals surface area contributed by atoms with Gasteiger partial charge in [-0.1, -0.05) is 42.5 Å². The highest BCUT2D eigenvalue weighted by Crippen LogP contribution is 2.28. The Bertz CT molecular complexity index is 532. The van der Waals surface area contributed by atoms with Crippen molar-refractivity contribution in [3.63, 3.8) is 0 Å². The largest absolute Gasteiger partial charge is 0.369 e. The third kappa shape index (κ3) is 2.65. The van der Waals surface area contributed by atoms with E-state index in [2.05, 4.69) is 66.4 Å². The lowest BCUT2D eigenvalue weighted by molar-refractivity contribution is 0.485. The molecule has 1 nitrogen and oxygen atoms in total. The van der Waals surface area contributed by atoms with Crippen LogP contribution in [0.5, 0.6) is 0 Å². The Kier molecular flexibility index (Phi) is 3.54. The predicted octanol–water partition coefficient (Wildman–Crippen LogP) is 4.73. The van der Waals surface area contributed by atoms with E-state index in [-0.39, 0.29) is 0 Å². The molecule has 0 amide bonds. The molecule has 0 aromatic heterocycles. The van der Waals surface area contributed by atoms with Crippen LogP contribution in [-0.2, 0) is 0 Å². The standard InChI is InChI=1S/C18H21N/c1-15-8-5-6-13-19(15)18-12-7-11-17(14-18)16-9-3-2-4-10-16/h2-4,7,9-12,14-15H,5-6,8,13H2,1H3. The second-order valence-electron chi connectivity index (χ2n) is 5.45. The lowest BCUT2D eigenvalue weighted by Gasteiger charge is -2.35. The van der Waals surface area contributed by atoms with Crippen molar-refractivity contribution >= 4 is 5.69 Å². The molecule has 1 saturated heterocycles. The van der Waals surface area contributed by atoms with Crippen molar-refractivity contribution in [2.24, 2.45) is 0 Å². The molecule has 19 heavy (non-hydrogen) atoms. The summed E-state index contributed by atoms with van der Waals surface area (Å²) in [5.74, 6) is 0. The van der Waals surface area contributed by atoms with Gasteiger partial charge in [-0.15, -0.1) is 0 Å². The molecule has 2 aromatic carbocycles. The van der Waals surface area contributed by atoms with E-state index in [1.54, 1.807) is 0 Å². The van der Waals surface area contributed by atoms with Crippen LogP contribution in [0.1, 0.15) is 26.2 Å². The molecule has 1 fully saturated rings. The van der Waals surface area contributed by atoms with Crippen LogP contribution in [0.3, 0.4) is 0 Å². The van der Waals surface area contributed by atoms with Crippen LogP contribution in [0.2, 0.25) is 0 Å². The minimum absolute atomic E-state index is 0.666. The molecule has 0 aliphatic carbocycles. The van der Waals surface area contributed by atoms with Crippen molar-refractivity contribution in [2.75, 3.05) is 11.4 Å². The van der Waals surface area contributed by atoms with E-state index in [0.29, 0.717) is 6.04 Å². The third-order valence-electron chi connectivity index (χ3n) is 4.09. The monoisotopic (exact) mass is 251 g/mol. The van der Waals surface area contributed by atoms with Gasteiger partial charge in [-0.3, -0.25) is 0 Å². The van der Waals surface area contributed by atoms with Gasteiger partial charge in [0.15, 0.2) is 0 Å².